The van der Waals surface area contributed by atoms with E-state index in [-0.39, 0.29) is 0 Å². The molecule has 18 heavy (non-hydrogen) atoms. The minimum absolute atomic E-state index is 0.336. The Morgan fingerprint density at radius 1 is 1.33 bits per heavy atom. The van der Waals surface area contributed by atoms with Crippen LogP contribution in [-0.4, -0.2) is 15.0 Å². The molecule has 3 N–H and O–H groups in total. The first-order valence-electron chi connectivity index (χ1n) is 5.58. The maximum atomic E-state index is 5.64. The summed E-state index contributed by atoms with van der Waals surface area (Å²) in [6.45, 7) is 2.55. The molecule has 0 spiro atoms. The zero-order chi connectivity index (χ0) is 13.0. The molecule has 2 rings (SSSR count). The van der Waals surface area contributed by atoms with Gasteiger partial charge in [0.1, 0.15) is 10.8 Å². The van der Waals surface area contributed by atoms with Crippen LogP contribution in [0.15, 0.2) is 36.5 Å². The van der Waals surface area contributed by atoms with Gasteiger partial charge in [-0.25, -0.2) is 4.98 Å². The molecule has 0 unspecified atom stereocenters. The predicted octanol–water partition coefficient (Wildman–Crippen LogP) is 2.03. The minimum atomic E-state index is 0.336. The summed E-state index contributed by atoms with van der Waals surface area (Å²) in [6.07, 6.45) is 1.70. The number of nitrogens with two attached hydrogens (primary N) is 1. The Morgan fingerprint density at radius 3 is 2.89 bits per heavy atom. The SMILES string of the molecule is Cc1cccc(CNc2ncccc2C(N)=S)n1. The third-order valence-electron chi connectivity index (χ3n) is 2.46. The zero-order valence-electron chi connectivity index (χ0n) is 10.1. The van der Waals surface area contributed by atoms with Crippen molar-refractivity contribution < 1.29 is 0 Å². The first-order valence-corrected chi connectivity index (χ1v) is 5.99. The van der Waals surface area contributed by atoms with Crippen LogP contribution in [0.1, 0.15) is 17.0 Å². The summed E-state index contributed by atoms with van der Waals surface area (Å²) in [7, 11) is 0. The number of thiocarbonyl (C=S) groups is 1. The number of nitrogens with zero attached hydrogens (tertiary/aromatic N) is 2. The Hall–Kier alpha value is -2.01. The van der Waals surface area contributed by atoms with Crippen molar-refractivity contribution in [3.8, 4) is 0 Å². The Labute approximate surface area is 111 Å². The van der Waals surface area contributed by atoms with Crippen molar-refractivity contribution in [1.29, 1.82) is 0 Å². The van der Waals surface area contributed by atoms with E-state index in [2.05, 4.69) is 15.3 Å². The van der Waals surface area contributed by atoms with Crippen LogP contribution in [0.4, 0.5) is 5.82 Å². The van der Waals surface area contributed by atoms with Gasteiger partial charge in [-0.15, -0.1) is 0 Å². The van der Waals surface area contributed by atoms with E-state index in [1.54, 1.807) is 6.20 Å². The van der Waals surface area contributed by atoms with Gasteiger partial charge in [0.15, 0.2) is 0 Å². The van der Waals surface area contributed by atoms with E-state index in [4.69, 9.17) is 18.0 Å². The summed E-state index contributed by atoms with van der Waals surface area (Å²) in [5.41, 5.74) is 8.34. The van der Waals surface area contributed by atoms with Gasteiger partial charge in [-0.1, -0.05) is 18.3 Å². The van der Waals surface area contributed by atoms with E-state index < -0.39 is 0 Å². The second-order valence-electron chi connectivity index (χ2n) is 3.89. The number of pyridine rings is 2. The predicted molar refractivity (Wildman–Crippen MR) is 76.4 cm³/mol. The van der Waals surface area contributed by atoms with Gasteiger partial charge in [0.05, 0.1) is 17.8 Å². The van der Waals surface area contributed by atoms with Crippen molar-refractivity contribution in [2.45, 2.75) is 13.5 Å². The molecule has 5 heteroatoms. The highest BCUT2D eigenvalue weighted by molar-refractivity contribution is 7.80. The first kappa shape index (κ1) is 12.4. The molecule has 0 radical (unpaired) electrons. The molecule has 2 aromatic heterocycles. The van der Waals surface area contributed by atoms with Crippen LogP contribution < -0.4 is 11.1 Å². The van der Waals surface area contributed by atoms with Crippen LogP contribution in [0.5, 0.6) is 0 Å². The lowest BCUT2D eigenvalue weighted by atomic mass is 10.2. The maximum absolute atomic E-state index is 5.64. The molecular formula is C13H14N4S. The normalized spacial score (nSPS) is 10.1. The highest BCUT2D eigenvalue weighted by Crippen LogP contribution is 2.12. The number of aromatic nitrogens is 2. The highest BCUT2D eigenvalue weighted by atomic mass is 32.1. The molecule has 0 fully saturated rings. The van der Waals surface area contributed by atoms with Gasteiger partial charge in [-0.05, 0) is 31.2 Å². The summed E-state index contributed by atoms with van der Waals surface area (Å²) in [5, 5.41) is 3.20. The van der Waals surface area contributed by atoms with Gasteiger partial charge in [-0.3, -0.25) is 4.98 Å². The van der Waals surface area contributed by atoms with Crippen LogP contribution in [0, 0.1) is 6.92 Å². The number of anilines is 1. The van der Waals surface area contributed by atoms with E-state index in [1.807, 2.05) is 37.3 Å². The molecule has 92 valence electrons. The summed E-state index contributed by atoms with van der Waals surface area (Å²) in [4.78, 5) is 8.98. The Kier molecular flexibility index (Phi) is 3.84. The van der Waals surface area contributed by atoms with Crippen molar-refractivity contribution >= 4 is 23.0 Å². The van der Waals surface area contributed by atoms with Crippen molar-refractivity contribution in [3.05, 3.63) is 53.5 Å². The number of hydrogen-bond donors (Lipinski definition) is 2. The molecule has 0 amide bonds. The highest BCUT2D eigenvalue weighted by Gasteiger charge is 2.05. The van der Waals surface area contributed by atoms with Gasteiger partial charge in [-0.2, -0.15) is 0 Å². The smallest absolute Gasteiger partial charge is 0.136 e. The molecule has 0 saturated carbocycles. The van der Waals surface area contributed by atoms with E-state index in [9.17, 15) is 0 Å². The average Bonchev–Trinajstić information content (AvgIpc) is 2.37. The number of rotatable bonds is 4. The summed E-state index contributed by atoms with van der Waals surface area (Å²) in [6, 6.07) is 9.56. The largest absolute Gasteiger partial charge is 0.389 e. The fraction of sp³-hybridized carbons (Fsp3) is 0.154. The van der Waals surface area contributed by atoms with Gasteiger partial charge in [0.25, 0.3) is 0 Å². The Morgan fingerprint density at radius 2 is 2.17 bits per heavy atom. The van der Waals surface area contributed by atoms with Crippen LogP contribution in [0.25, 0.3) is 0 Å². The second kappa shape index (κ2) is 5.55. The molecule has 0 aliphatic rings. The van der Waals surface area contributed by atoms with Gasteiger partial charge >= 0.3 is 0 Å². The Bertz CT molecular complexity index is 568. The molecule has 0 atom stereocenters. The Balaban J connectivity index is 2.13. The molecule has 2 aromatic rings. The molecule has 2 heterocycles. The fourth-order valence-electron chi connectivity index (χ4n) is 1.62. The topological polar surface area (TPSA) is 63.8 Å². The van der Waals surface area contributed by atoms with E-state index in [0.717, 1.165) is 17.0 Å². The van der Waals surface area contributed by atoms with Crippen LogP contribution in [0.2, 0.25) is 0 Å². The van der Waals surface area contributed by atoms with Crippen molar-refractivity contribution in [1.82, 2.24) is 9.97 Å². The summed E-state index contributed by atoms with van der Waals surface area (Å²) < 4.78 is 0. The zero-order valence-corrected chi connectivity index (χ0v) is 10.9. The molecule has 0 aliphatic carbocycles. The van der Waals surface area contributed by atoms with Crippen molar-refractivity contribution in [3.63, 3.8) is 0 Å². The van der Waals surface area contributed by atoms with Gasteiger partial charge in [0.2, 0.25) is 0 Å². The first-order chi connectivity index (χ1) is 8.66. The number of aryl methyl sites for hydroxylation is 1. The van der Waals surface area contributed by atoms with Crippen molar-refractivity contribution in [2.24, 2.45) is 5.73 Å². The van der Waals surface area contributed by atoms with Crippen LogP contribution in [-0.2, 0) is 6.54 Å². The lowest BCUT2D eigenvalue weighted by Crippen LogP contribution is -2.14. The number of hydrogen-bond acceptors (Lipinski definition) is 4. The van der Waals surface area contributed by atoms with E-state index >= 15 is 0 Å². The van der Waals surface area contributed by atoms with Crippen LogP contribution >= 0.6 is 12.2 Å². The number of nitrogens with one attached hydrogen (secondary N) is 1. The van der Waals surface area contributed by atoms with E-state index in [1.165, 1.54) is 0 Å². The molecule has 0 saturated heterocycles. The van der Waals surface area contributed by atoms with Gasteiger partial charge in [0, 0.05) is 11.9 Å². The third kappa shape index (κ3) is 3.01. The molecule has 0 aliphatic heterocycles. The average molecular weight is 258 g/mol. The lowest BCUT2D eigenvalue weighted by Gasteiger charge is -2.09. The van der Waals surface area contributed by atoms with Crippen LogP contribution in [0.3, 0.4) is 0 Å². The molecule has 0 aromatic carbocycles. The standard InChI is InChI=1S/C13H14N4S/c1-9-4-2-5-10(17-9)8-16-13-11(12(14)18)6-3-7-15-13/h2-7H,8H2,1H3,(H2,14,18)(H,15,16). The fourth-order valence-corrected chi connectivity index (χ4v) is 1.78. The second-order valence-corrected chi connectivity index (χ2v) is 4.33. The third-order valence-corrected chi connectivity index (χ3v) is 2.68. The summed E-state index contributed by atoms with van der Waals surface area (Å²) >= 11 is 4.98. The van der Waals surface area contributed by atoms with Crippen molar-refractivity contribution in [2.75, 3.05) is 5.32 Å². The quantitative estimate of drug-likeness (QED) is 0.822. The maximum Gasteiger partial charge on any atom is 0.136 e. The minimum Gasteiger partial charge on any atom is -0.389 e. The lowest BCUT2D eigenvalue weighted by molar-refractivity contribution is 1.00. The molecular weight excluding hydrogens is 244 g/mol. The molecule has 0 bridgehead atoms. The monoisotopic (exact) mass is 258 g/mol. The van der Waals surface area contributed by atoms with E-state index in [0.29, 0.717) is 17.4 Å². The summed E-state index contributed by atoms with van der Waals surface area (Å²) in [5.74, 6) is 0.688. The van der Waals surface area contributed by atoms with Gasteiger partial charge < -0.3 is 11.1 Å². The molecule has 4 nitrogen and oxygen atoms in total.